The molecule has 1 heterocycles. The van der Waals surface area contributed by atoms with Gasteiger partial charge in [0, 0.05) is 31.6 Å². The number of carbonyl (C=O) groups is 1. The third kappa shape index (κ3) is 1.35. The molecule has 2 atom stereocenters. The number of likely N-dealkylation sites (tertiary alicyclic amines) is 1. The molecule has 14 heavy (non-hydrogen) atoms. The molecular formula is C10H17N3O. The van der Waals surface area contributed by atoms with Gasteiger partial charge in [0.05, 0.1) is 0 Å². The summed E-state index contributed by atoms with van der Waals surface area (Å²) < 4.78 is 0. The van der Waals surface area contributed by atoms with Gasteiger partial charge < -0.3 is 4.90 Å². The van der Waals surface area contributed by atoms with Gasteiger partial charge in [0.15, 0.2) is 0 Å². The molecule has 0 aromatic rings. The van der Waals surface area contributed by atoms with Crippen LogP contribution in [0.15, 0.2) is 12.7 Å². The van der Waals surface area contributed by atoms with Crippen LogP contribution >= 0.6 is 0 Å². The molecule has 1 saturated carbocycles. The maximum atomic E-state index is 11.4. The highest BCUT2D eigenvalue weighted by Crippen LogP contribution is 2.54. The summed E-state index contributed by atoms with van der Waals surface area (Å²) in [4.78, 5) is 13.2. The summed E-state index contributed by atoms with van der Waals surface area (Å²) in [6, 6.07) is 0.463. The Morgan fingerprint density at radius 3 is 3.00 bits per heavy atom. The molecule has 2 unspecified atom stereocenters. The zero-order valence-electron chi connectivity index (χ0n) is 8.57. The fraction of sp³-hybridized carbons (Fsp3) is 0.700. The van der Waals surface area contributed by atoms with Crippen LogP contribution in [0.25, 0.3) is 0 Å². The van der Waals surface area contributed by atoms with E-state index in [1.165, 1.54) is 6.08 Å². The molecule has 0 radical (unpaired) electrons. The number of hydrogen-bond acceptors (Lipinski definition) is 3. The quantitative estimate of drug-likeness (QED) is 0.382. The molecule has 0 aromatic carbocycles. The number of carbonyl (C=O) groups excluding carboxylic acids is 1. The van der Waals surface area contributed by atoms with Crippen molar-refractivity contribution in [1.82, 2.24) is 9.91 Å². The Bertz CT molecular complexity index is 277. The van der Waals surface area contributed by atoms with Crippen LogP contribution in [0.4, 0.5) is 0 Å². The van der Waals surface area contributed by atoms with Crippen LogP contribution in [-0.4, -0.2) is 42.0 Å². The maximum Gasteiger partial charge on any atom is 0.245 e. The van der Waals surface area contributed by atoms with E-state index in [1.807, 2.05) is 11.9 Å². The summed E-state index contributed by atoms with van der Waals surface area (Å²) in [6.07, 6.45) is 3.60. The van der Waals surface area contributed by atoms with Crippen LogP contribution < -0.4 is 5.84 Å². The lowest BCUT2D eigenvalue weighted by Gasteiger charge is -2.16. The Morgan fingerprint density at radius 2 is 2.50 bits per heavy atom. The van der Waals surface area contributed by atoms with Gasteiger partial charge in [-0.1, -0.05) is 6.58 Å². The lowest BCUT2D eigenvalue weighted by molar-refractivity contribution is -0.125. The first-order chi connectivity index (χ1) is 6.59. The van der Waals surface area contributed by atoms with Crippen molar-refractivity contribution >= 4 is 5.91 Å². The average Bonchev–Trinajstić information content (AvgIpc) is 2.68. The second-order valence-corrected chi connectivity index (χ2v) is 4.46. The first-order valence-corrected chi connectivity index (χ1v) is 4.98. The number of amides is 1. The van der Waals surface area contributed by atoms with E-state index in [1.54, 1.807) is 5.01 Å². The van der Waals surface area contributed by atoms with Crippen molar-refractivity contribution < 1.29 is 4.79 Å². The molecule has 1 spiro atoms. The zero-order valence-corrected chi connectivity index (χ0v) is 8.57. The van der Waals surface area contributed by atoms with E-state index in [-0.39, 0.29) is 5.91 Å². The lowest BCUT2D eigenvalue weighted by Crippen LogP contribution is -2.34. The summed E-state index contributed by atoms with van der Waals surface area (Å²) in [5.74, 6) is 5.76. The molecule has 2 rings (SSSR count). The Hall–Kier alpha value is -0.870. The highest BCUT2D eigenvalue weighted by Gasteiger charge is 2.59. The standard InChI is InChI=1S/C10H17N3O/c1-3-9(14)13-5-4-10(7-13)6-8(10)12(2)11/h3,8H,1,4-7,11H2,2H3. The predicted molar refractivity (Wildman–Crippen MR) is 54.2 cm³/mol. The maximum absolute atomic E-state index is 11.4. The van der Waals surface area contributed by atoms with E-state index in [0.29, 0.717) is 11.5 Å². The summed E-state index contributed by atoms with van der Waals surface area (Å²) >= 11 is 0. The Kier molecular flexibility index (Phi) is 2.12. The van der Waals surface area contributed by atoms with Gasteiger partial charge >= 0.3 is 0 Å². The van der Waals surface area contributed by atoms with Gasteiger partial charge in [-0.15, -0.1) is 0 Å². The SMILES string of the molecule is C=CC(=O)N1CCC2(CC2N(C)N)C1. The Labute approximate surface area is 84.3 Å². The van der Waals surface area contributed by atoms with Crippen molar-refractivity contribution in [3.8, 4) is 0 Å². The molecule has 0 aromatic heterocycles. The van der Waals surface area contributed by atoms with Crippen molar-refractivity contribution in [2.75, 3.05) is 20.1 Å². The van der Waals surface area contributed by atoms with Gasteiger partial charge in [0.25, 0.3) is 0 Å². The lowest BCUT2D eigenvalue weighted by atomic mass is 10.1. The molecule has 2 N–H and O–H groups in total. The minimum Gasteiger partial charge on any atom is -0.339 e. The number of nitrogens with zero attached hydrogens (tertiary/aromatic N) is 2. The van der Waals surface area contributed by atoms with Gasteiger partial charge in [0.2, 0.25) is 5.91 Å². The molecule has 0 bridgehead atoms. The smallest absolute Gasteiger partial charge is 0.245 e. The van der Waals surface area contributed by atoms with Gasteiger partial charge in [-0.25, -0.2) is 5.01 Å². The molecule has 1 aliphatic heterocycles. The number of hydrazine groups is 1. The molecule has 78 valence electrons. The van der Waals surface area contributed by atoms with E-state index in [9.17, 15) is 4.79 Å². The van der Waals surface area contributed by atoms with E-state index in [0.717, 1.165) is 25.9 Å². The zero-order chi connectivity index (χ0) is 10.3. The topological polar surface area (TPSA) is 49.6 Å². The summed E-state index contributed by atoms with van der Waals surface area (Å²) in [7, 11) is 1.90. The van der Waals surface area contributed by atoms with Crippen LogP contribution in [0, 0.1) is 5.41 Å². The molecule has 2 aliphatic rings. The third-order valence-electron chi connectivity index (χ3n) is 3.51. The van der Waals surface area contributed by atoms with Crippen LogP contribution in [0.5, 0.6) is 0 Å². The highest BCUT2D eigenvalue weighted by molar-refractivity contribution is 5.87. The highest BCUT2D eigenvalue weighted by atomic mass is 16.2. The fourth-order valence-corrected chi connectivity index (χ4v) is 2.55. The Morgan fingerprint density at radius 1 is 1.79 bits per heavy atom. The van der Waals surface area contributed by atoms with Gasteiger partial charge in [-0.2, -0.15) is 0 Å². The molecule has 1 aliphatic carbocycles. The molecule has 2 fully saturated rings. The summed E-state index contributed by atoms with van der Waals surface area (Å²) in [5.41, 5.74) is 0.294. The van der Waals surface area contributed by atoms with Crippen LogP contribution in [0.2, 0.25) is 0 Å². The molecular weight excluding hydrogens is 178 g/mol. The first-order valence-electron chi connectivity index (χ1n) is 4.98. The number of nitrogens with two attached hydrogens (primary N) is 1. The number of hydrogen-bond donors (Lipinski definition) is 1. The van der Waals surface area contributed by atoms with Crippen LogP contribution in [0.3, 0.4) is 0 Å². The first kappa shape index (κ1) is 9.68. The monoisotopic (exact) mass is 195 g/mol. The minimum atomic E-state index is 0.0483. The van der Waals surface area contributed by atoms with Crippen molar-refractivity contribution in [3.05, 3.63) is 12.7 Å². The molecule has 1 saturated heterocycles. The molecule has 4 heteroatoms. The van der Waals surface area contributed by atoms with Crippen LogP contribution in [-0.2, 0) is 4.79 Å². The normalized spacial score (nSPS) is 35.4. The predicted octanol–water partition coefficient (Wildman–Crippen LogP) is -0.0311. The second kappa shape index (κ2) is 3.07. The fourth-order valence-electron chi connectivity index (χ4n) is 2.55. The van der Waals surface area contributed by atoms with Gasteiger partial charge in [-0.05, 0) is 18.9 Å². The summed E-state index contributed by atoms with van der Waals surface area (Å²) in [5, 5.41) is 1.78. The van der Waals surface area contributed by atoms with E-state index in [2.05, 4.69) is 6.58 Å². The van der Waals surface area contributed by atoms with E-state index < -0.39 is 0 Å². The van der Waals surface area contributed by atoms with Crippen molar-refractivity contribution in [2.45, 2.75) is 18.9 Å². The van der Waals surface area contributed by atoms with Crippen molar-refractivity contribution in [1.29, 1.82) is 0 Å². The van der Waals surface area contributed by atoms with Crippen molar-refractivity contribution in [3.63, 3.8) is 0 Å². The second-order valence-electron chi connectivity index (χ2n) is 4.46. The average molecular weight is 195 g/mol. The van der Waals surface area contributed by atoms with Gasteiger partial charge in [0.1, 0.15) is 0 Å². The van der Waals surface area contributed by atoms with Crippen molar-refractivity contribution in [2.24, 2.45) is 11.3 Å². The molecule has 1 amide bonds. The molecule has 4 nitrogen and oxygen atoms in total. The third-order valence-corrected chi connectivity index (χ3v) is 3.51. The Balaban J connectivity index is 1.97. The summed E-state index contributed by atoms with van der Waals surface area (Å²) in [6.45, 7) is 5.21. The minimum absolute atomic E-state index is 0.0483. The number of rotatable bonds is 2. The van der Waals surface area contributed by atoms with Gasteiger partial charge in [-0.3, -0.25) is 10.6 Å². The van der Waals surface area contributed by atoms with E-state index in [4.69, 9.17) is 5.84 Å². The largest absolute Gasteiger partial charge is 0.339 e. The van der Waals surface area contributed by atoms with E-state index >= 15 is 0 Å². The van der Waals surface area contributed by atoms with Crippen LogP contribution in [0.1, 0.15) is 12.8 Å².